The number of carbonyl (C=O) groups is 1. The Balaban J connectivity index is 2.43. The van der Waals surface area contributed by atoms with Crippen LogP contribution in [0.25, 0.3) is 11.7 Å². The third-order valence-electron chi connectivity index (χ3n) is 2.56. The Labute approximate surface area is 110 Å². The molecule has 0 aliphatic carbocycles. The van der Waals surface area contributed by atoms with Crippen LogP contribution in [0.15, 0.2) is 35.4 Å². The molecule has 0 amide bonds. The van der Waals surface area contributed by atoms with E-state index in [1.54, 1.807) is 19.2 Å². The minimum absolute atomic E-state index is 0.214. The van der Waals surface area contributed by atoms with Gasteiger partial charge in [-0.05, 0) is 31.6 Å². The van der Waals surface area contributed by atoms with Crippen LogP contribution in [0.3, 0.4) is 0 Å². The van der Waals surface area contributed by atoms with Gasteiger partial charge in [0, 0.05) is 18.5 Å². The van der Waals surface area contributed by atoms with E-state index in [4.69, 9.17) is 4.74 Å². The number of fused-ring (bicyclic) bond motifs is 1. The number of ether oxygens (including phenoxy) is 1. The molecule has 0 spiro atoms. The fourth-order valence-corrected chi connectivity index (χ4v) is 1.66. The number of aryl methyl sites for hydroxylation is 1. The summed E-state index contributed by atoms with van der Waals surface area (Å²) in [6.07, 6.45) is 5.81. The highest BCUT2D eigenvalue weighted by Gasteiger charge is 2.03. The highest BCUT2D eigenvalue weighted by atomic mass is 16.5. The predicted octanol–water partition coefficient (Wildman–Crippen LogP) is 1.58. The Morgan fingerprint density at radius 2 is 2.26 bits per heavy atom. The van der Waals surface area contributed by atoms with E-state index >= 15 is 0 Å². The van der Waals surface area contributed by atoms with Crippen molar-refractivity contribution in [3.63, 3.8) is 0 Å². The Morgan fingerprint density at radius 3 is 3.00 bits per heavy atom. The topological polar surface area (TPSA) is 60.7 Å². The highest BCUT2D eigenvalue weighted by Crippen LogP contribution is 2.02. The fourth-order valence-electron chi connectivity index (χ4n) is 1.66. The zero-order valence-corrected chi connectivity index (χ0v) is 10.8. The molecule has 0 radical (unpaired) electrons. The van der Waals surface area contributed by atoms with Crippen LogP contribution in [0.2, 0.25) is 0 Å². The molecule has 5 nitrogen and oxygen atoms in total. The lowest BCUT2D eigenvalue weighted by Gasteiger charge is -2.02. The van der Waals surface area contributed by atoms with Gasteiger partial charge in [-0.3, -0.25) is 9.20 Å². The maximum atomic E-state index is 12.2. The molecule has 0 aliphatic heterocycles. The number of esters is 1. The second-order valence-corrected chi connectivity index (χ2v) is 4.04. The number of hydrogen-bond donors (Lipinski definition) is 0. The molecule has 98 valence electrons. The highest BCUT2D eigenvalue weighted by molar-refractivity contribution is 5.86. The van der Waals surface area contributed by atoms with Gasteiger partial charge in [0.2, 0.25) is 0 Å². The van der Waals surface area contributed by atoms with Gasteiger partial charge in [-0.15, -0.1) is 0 Å². The van der Waals surface area contributed by atoms with Crippen LogP contribution in [0.4, 0.5) is 0 Å². The van der Waals surface area contributed by atoms with Crippen LogP contribution in [0, 0.1) is 6.92 Å². The Bertz CT molecular complexity index is 701. The summed E-state index contributed by atoms with van der Waals surface area (Å²) < 4.78 is 6.21. The molecule has 0 fully saturated rings. The molecule has 0 saturated heterocycles. The van der Waals surface area contributed by atoms with Crippen molar-refractivity contribution in [1.29, 1.82) is 0 Å². The van der Waals surface area contributed by atoms with Crippen LogP contribution in [0.5, 0.6) is 0 Å². The van der Waals surface area contributed by atoms with Crippen molar-refractivity contribution >= 4 is 17.7 Å². The third kappa shape index (κ3) is 2.88. The zero-order valence-electron chi connectivity index (χ0n) is 10.8. The minimum Gasteiger partial charge on any atom is -0.463 e. The molecule has 0 aromatic carbocycles. The van der Waals surface area contributed by atoms with E-state index in [-0.39, 0.29) is 5.56 Å². The van der Waals surface area contributed by atoms with Crippen LogP contribution in [0.1, 0.15) is 18.1 Å². The van der Waals surface area contributed by atoms with E-state index in [1.807, 2.05) is 13.0 Å². The van der Waals surface area contributed by atoms with Crippen molar-refractivity contribution in [3.8, 4) is 0 Å². The smallest absolute Gasteiger partial charge is 0.330 e. The van der Waals surface area contributed by atoms with Gasteiger partial charge >= 0.3 is 5.97 Å². The molecule has 0 bridgehead atoms. The molecule has 0 unspecified atom stereocenters. The molecule has 0 aliphatic rings. The lowest BCUT2D eigenvalue weighted by molar-refractivity contribution is -0.137. The van der Waals surface area contributed by atoms with E-state index in [0.717, 1.165) is 5.56 Å². The standard InChI is InChI=1S/C14H14N2O3/c1-3-19-13(17)7-5-11-8-15-12-6-4-10(2)9-16(12)14(11)18/h4-9H,3H2,1-2H3/b7-5+. The Kier molecular flexibility index (Phi) is 3.75. The van der Waals surface area contributed by atoms with Crippen molar-refractivity contribution in [3.05, 3.63) is 52.1 Å². The van der Waals surface area contributed by atoms with Gasteiger partial charge in [0.05, 0.1) is 12.2 Å². The first-order valence-corrected chi connectivity index (χ1v) is 5.94. The summed E-state index contributed by atoms with van der Waals surface area (Å²) in [5.74, 6) is -0.476. The molecule has 5 heteroatoms. The summed E-state index contributed by atoms with van der Waals surface area (Å²) in [6, 6.07) is 3.66. The summed E-state index contributed by atoms with van der Waals surface area (Å²) >= 11 is 0. The van der Waals surface area contributed by atoms with Crippen molar-refractivity contribution in [2.45, 2.75) is 13.8 Å². The largest absolute Gasteiger partial charge is 0.463 e. The van der Waals surface area contributed by atoms with E-state index in [9.17, 15) is 9.59 Å². The van der Waals surface area contributed by atoms with Gasteiger partial charge in [-0.25, -0.2) is 9.78 Å². The summed E-state index contributed by atoms with van der Waals surface area (Å²) in [6.45, 7) is 3.92. The summed E-state index contributed by atoms with van der Waals surface area (Å²) in [7, 11) is 0. The van der Waals surface area contributed by atoms with Gasteiger partial charge in [-0.2, -0.15) is 0 Å². The fraction of sp³-hybridized carbons (Fsp3) is 0.214. The monoisotopic (exact) mass is 258 g/mol. The Morgan fingerprint density at radius 1 is 1.47 bits per heavy atom. The first-order chi connectivity index (χ1) is 9.11. The molecule has 0 saturated carbocycles. The van der Waals surface area contributed by atoms with Gasteiger partial charge in [-0.1, -0.05) is 6.07 Å². The second kappa shape index (κ2) is 5.48. The van der Waals surface area contributed by atoms with Gasteiger partial charge in [0.25, 0.3) is 5.56 Å². The van der Waals surface area contributed by atoms with E-state index in [2.05, 4.69) is 4.98 Å². The summed E-state index contributed by atoms with van der Waals surface area (Å²) in [4.78, 5) is 27.5. The van der Waals surface area contributed by atoms with Gasteiger partial charge in [0.15, 0.2) is 0 Å². The molecule has 2 aromatic heterocycles. The number of carbonyl (C=O) groups excluding carboxylic acids is 1. The van der Waals surface area contributed by atoms with Crippen LogP contribution >= 0.6 is 0 Å². The lowest BCUT2D eigenvalue weighted by atomic mass is 10.2. The molecule has 2 aromatic rings. The molecule has 0 atom stereocenters. The summed E-state index contributed by atoms with van der Waals surface area (Å²) in [5.41, 5.74) is 1.66. The van der Waals surface area contributed by atoms with Gasteiger partial charge in [0.1, 0.15) is 5.65 Å². The maximum Gasteiger partial charge on any atom is 0.330 e. The normalized spacial score (nSPS) is 11.1. The zero-order chi connectivity index (χ0) is 13.8. The quantitative estimate of drug-likeness (QED) is 0.619. The van der Waals surface area contributed by atoms with Crippen molar-refractivity contribution < 1.29 is 9.53 Å². The molecule has 2 heterocycles. The molecular weight excluding hydrogens is 244 g/mol. The van der Waals surface area contributed by atoms with Crippen LogP contribution < -0.4 is 5.56 Å². The van der Waals surface area contributed by atoms with Crippen molar-refractivity contribution in [2.24, 2.45) is 0 Å². The molecule has 19 heavy (non-hydrogen) atoms. The minimum atomic E-state index is -0.476. The summed E-state index contributed by atoms with van der Waals surface area (Å²) in [5, 5.41) is 0. The second-order valence-electron chi connectivity index (χ2n) is 4.04. The Hall–Kier alpha value is -2.43. The van der Waals surface area contributed by atoms with Gasteiger partial charge < -0.3 is 4.74 Å². The average Bonchev–Trinajstić information content (AvgIpc) is 2.39. The number of aromatic nitrogens is 2. The predicted molar refractivity (Wildman–Crippen MR) is 71.9 cm³/mol. The third-order valence-corrected chi connectivity index (χ3v) is 2.56. The SMILES string of the molecule is CCOC(=O)/C=C/c1cnc2ccc(C)cn2c1=O. The first-order valence-electron chi connectivity index (χ1n) is 5.94. The van der Waals surface area contributed by atoms with Crippen LogP contribution in [-0.4, -0.2) is 22.0 Å². The van der Waals surface area contributed by atoms with Crippen molar-refractivity contribution in [1.82, 2.24) is 9.38 Å². The van der Waals surface area contributed by atoms with E-state index in [1.165, 1.54) is 22.7 Å². The number of hydrogen-bond acceptors (Lipinski definition) is 4. The number of pyridine rings is 1. The lowest BCUT2D eigenvalue weighted by Crippen LogP contribution is -2.17. The maximum absolute atomic E-state index is 12.2. The molecule has 2 rings (SSSR count). The van der Waals surface area contributed by atoms with E-state index in [0.29, 0.717) is 17.8 Å². The van der Waals surface area contributed by atoms with Crippen molar-refractivity contribution in [2.75, 3.05) is 6.61 Å². The molecule has 0 N–H and O–H groups in total. The average molecular weight is 258 g/mol. The number of nitrogens with zero attached hydrogens (tertiary/aromatic N) is 2. The van der Waals surface area contributed by atoms with Crippen LogP contribution in [-0.2, 0) is 9.53 Å². The number of rotatable bonds is 3. The molecular formula is C14H14N2O3. The van der Waals surface area contributed by atoms with E-state index < -0.39 is 5.97 Å². The first kappa shape index (κ1) is 13.0.